The summed E-state index contributed by atoms with van der Waals surface area (Å²) in [6, 6.07) is 8.83. The van der Waals surface area contributed by atoms with Crippen LogP contribution in [-0.4, -0.2) is 13.2 Å². The van der Waals surface area contributed by atoms with Gasteiger partial charge >= 0.3 is 0 Å². The Hall–Kier alpha value is -1.08. The van der Waals surface area contributed by atoms with E-state index >= 15 is 0 Å². The van der Waals surface area contributed by atoms with Gasteiger partial charge in [-0.25, -0.2) is 0 Å². The fourth-order valence-electron chi connectivity index (χ4n) is 3.60. The molecule has 1 aromatic carbocycles. The Morgan fingerprint density at radius 3 is 1.10 bits per heavy atom. The molecule has 0 bridgehead atoms. The van der Waals surface area contributed by atoms with Gasteiger partial charge in [0, 0.05) is 13.2 Å². The highest BCUT2D eigenvalue weighted by molar-refractivity contribution is 5.22. The molecule has 1 saturated carbocycles. The standard InChI is InChI=1S/C10H20.C10H14.C6H12.C4H10O/c2*1-3-9-5-7-10(4-2)8-6-9;1-3-5-6-4-2;1-3-5-4-2/h9-10H,3-8H2,1-2H3;5-8H,3-4H2,1-2H3;5-6H,3-4H2,1-2H3;3-4H2,1-2H3. The van der Waals surface area contributed by atoms with E-state index in [-0.39, 0.29) is 0 Å². The molecule has 1 aromatic rings. The third-order valence-corrected chi connectivity index (χ3v) is 6.01. The summed E-state index contributed by atoms with van der Waals surface area (Å²) in [5, 5.41) is 0. The van der Waals surface area contributed by atoms with E-state index in [1.807, 2.05) is 13.8 Å². The van der Waals surface area contributed by atoms with Crippen LogP contribution in [0.1, 0.15) is 118 Å². The van der Waals surface area contributed by atoms with E-state index in [1.165, 1.54) is 62.5 Å². The third kappa shape index (κ3) is 20.6. The second kappa shape index (κ2) is 25.2. The van der Waals surface area contributed by atoms with E-state index in [9.17, 15) is 0 Å². The molecule has 0 atom stereocenters. The maximum absolute atomic E-state index is 4.83. The van der Waals surface area contributed by atoms with Gasteiger partial charge in [-0.05, 0) is 62.5 Å². The normalized spacial score (nSPS) is 17.5. The molecule has 0 unspecified atom stereocenters. The van der Waals surface area contributed by atoms with Gasteiger partial charge in [0.05, 0.1) is 0 Å². The summed E-state index contributed by atoms with van der Waals surface area (Å²) in [6.07, 6.45) is 17.9. The third-order valence-electron chi connectivity index (χ3n) is 6.01. The summed E-state index contributed by atoms with van der Waals surface area (Å²) in [4.78, 5) is 0. The van der Waals surface area contributed by atoms with E-state index in [0.29, 0.717) is 0 Å². The van der Waals surface area contributed by atoms with Crippen molar-refractivity contribution in [3.05, 3.63) is 47.5 Å². The van der Waals surface area contributed by atoms with Gasteiger partial charge in [-0.2, -0.15) is 0 Å². The predicted molar refractivity (Wildman–Crippen MR) is 143 cm³/mol. The molecule has 0 saturated heterocycles. The molecular weight excluding hydrogens is 376 g/mol. The Kier molecular flexibility index (Phi) is 26.1. The number of hydrogen-bond donors (Lipinski definition) is 0. The van der Waals surface area contributed by atoms with E-state index in [1.54, 1.807) is 0 Å². The van der Waals surface area contributed by atoms with Crippen molar-refractivity contribution in [2.24, 2.45) is 11.8 Å². The Morgan fingerprint density at radius 2 is 0.935 bits per heavy atom. The summed E-state index contributed by atoms with van der Waals surface area (Å²) in [6.45, 7) is 19.0. The molecular formula is C30H56O. The van der Waals surface area contributed by atoms with Gasteiger partial charge in [-0.3, -0.25) is 0 Å². The topological polar surface area (TPSA) is 9.23 Å². The molecule has 0 aliphatic heterocycles. The molecule has 0 spiro atoms. The first kappa shape index (κ1) is 32.1. The summed E-state index contributed by atoms with van der Waals surface area (Å²) in [7, 11) is 0. The molecule has 1 fully saturated rings. The molecule has 182 valence electrons. The molecule has 1 aliphatic carbocycles. The van der Waals surface area contributed by atoms with Gasteiger partial charge in [-0.1, -0.05) is 116 Å². The highest BCUT2D eigenvalue weighted by atomic mass is 16.5. The minimum absolute atomic E-state index is 0.844. The molecule has 0 radical (unpaired) electrons. The first-order valence-electron chi connectivity index (χ1n) is 13.4. The van der Waals surface area contributed by atoms with Crippen LogP contribution in [0, 0.1) is 11.8 Å². The highest BCUT2D eigenvalue weighted by Gasteiger charge is 2.17. The molecule has 0 amide bonds. The number of allylic oxidation sites excluding steroid dienone is 2. The molecule has 2 rings (SSSR count). The van der Waals surface area contributed by atoms with Crippen LogP contribution in [0.2, 0.25) is 0 Å². The highest BCUT2D eigenvalue weighted by Crippen LogP contribution is 2.31. The van der Waals surface area contributed by atoms with Gasteiger partial charge in [0.15, 0.2) is 0 Å². The predicted octanol–water partition coefficient (Wildman–Crippen LogP) is 9.83. The zero-order chi connectivity index (χ0) is 23.7. The van der Waals surface area contributed by atoms with Crippen molar-refractivity contribution < 1.29 is 4.74 Å². The van der Waals surface area contributed by atoms with Crippen molar-refractivity contribution in [2.45, 2.75) is 120 Å². The molecule has 0 aromatic heterocycles. The number of aryl methyl sites for hydroxylation is 2. The van der Waals surface area contributed by atoms with Crippen LogP contribution in [0.5, 0.6) is 0 Å². The van der Waals surface area contributed by atoms with Crippen LogP contribution in [0.15, 0.2) is 36.4 Å². The average molecular weight is 433 g/mol. The molecule has 0 N–H and O–H groups in total. The van der Waals surface area contributed by atoms with E-state index < -0.39 is 0 Å². The summed E-state index contributed by atoms with van der Waals surface area (Å²) >= 11 is 0. The Balaban J connectivity index is 0. The lowest BCUT2D eigenvalue weighted by atomic mass is 9.80. The van der Waals surface area contributed by atoms with E-state index in [0.717, 1.165) is 37.9 Å². The Morgan fingerprint density at radius 1 is 0.613 bits per heavy atom. The fraction of sp³-hybridized carbons (Fsp3) is 0.733. The average Bonchev–Trinajstić information content (AvgIpc) is 2.84. The largest absolute Gasteiger partial charge is 0.382 e. The van der Waals surface area contributed by atoms with Crippen molar-refractivity contribution in [3.63, 3.8) is 0 Å². The van der Waals surface area contributed by atoms with Gasteiger partial charge < -0.3 is 4.74 Å². The molecule has 31 heavy (non-hydrogen) atoms. The van der Waals surface area contributed by atoms with E-state index in [4.69, 9.17) is 4.74 Å². The zero-order valence-corrected chi connectivity index (χ0v) is 22.5. The van der Waals surface area contributed by atoms with Gasteiger partial charge in [-0.15, -0.1) is 0 Å². The quantitative estimate of drug-likeness (QED) is 0.371. The van der Waals surface area contributed by atoms with Crippen LogP contribution >= 0.6 is 0 Å². The molecule has 1 nitrogen and oxygen atoms in total. The Labute approximate surface area is 197 Å². The Bertz CT molecular complexity index is 423. The van der Waals surface area contributed by atoms with Gasteiger partial charge in [0.2, 0.25) is 0 Å². The number of benzene rings is 1. The lowest BCUT2D eigenvalue weighted by Gasteiger charge is -2.26. The smallest absolute Gasteiger partial charge is 0.0437 e. The van der Waals surface area contributed by atoms with Crippen molar-refractivity contribution >= 4 is 0 Å². The minimum atomic E-state index is 0.844. The van der Waals surface area contributed by atoms with Crippen molar-refractivity contribution in [3.8, 4) is 0 Å². The SMILES string of the molecule is CCC1CCC(CC)CC1.CCC=CCC.CCOCC.CCc1ccc(CC)cc1. The lowest BCUT2D eigenvalue weighted by Crippen LogP contribution is -2.12. The summed E-state index contributed by atoms with van der Waals surface area (Å²) in [5.41, 5.74) is 2.86. The summed E-state index contributed by atoms with van der Waals surface area (Å²) in [5.74, 6) is 2.14. The number of rotatable bonds is 8. The van der Waals surface area contributed by atoms with Gasteiger partial charge in [0.1, 0.15) is 0 Å². The summed E-state index contributed by atoms with van der Waals surface area (Å²) < 4.78 is 4.83. The first-order valence-corrected chi connectivity index (χ1v) is 13.4. The fourth-order valence-corrected chi connectivity index (χ4v) is 3.60. The molecule has 1 aliphatic rings. The zero-order valence-electron chi connectivity index (χ0n) is 22.5. The van der Waals surface area contributed by atoms with E-state index in [2.05, 4.69) is 78.0 Å². The second-order valence-electron chi connectivity index (χ2n) is 8.30. The van der Waals surface area contributed by atoms with Crippen molar-refractivity contribution in [1.82, 2.24) is 0 Å². The lowest BCUT2D eigenvalue weighted by molar-refractivity contribution is 0.162. The monoisotopic (exact) mass is 432 g/mol. The second-order valence-corrected chi connectivity index (χ2v) is 8.30. The van der Waals surface area contributed by atoms with Crippen LogP contribution in [-0.2, 0) is 17.6 Å². The van der Waals surface area contributed by atoms with Crippen LogP contribution in [0.4, 0.5) is 0 Å². The molecule has 1 heteroatoms. The van der Waals surface area contributed by atoms with Gasteiger partial charge in [0.25, 0.3) is 0 Å². The first-order chi connectivity index (χ1) is 15.1. The van der Waals surface area contributed by atoms with Crippen molar-refractivity contribution in [2.75, 3.05) is 13.2 Å². The van der Waals surface area contributed by atoms with Crippen LogP contribution in [0.25, 0.3) is 0 Å². The maximum atomic E-state index is 4.83. The number of ether oxygens (including phenoxy) is 1. The maximum Gasteiger partial charge on any atom is 0.0437 e. The van der Waals surface area contributed by atoms with Crippen LogP contribution in [0.3, 0.4) is 0 Å². The van der Waals surface area contributed by atoms with Crippen LogP contribution < -0.4 is 0 Å². The number of hydrogen-bond acceptors (Lipinski definition) is 1. The minimum Gasteiger partial charge on any atom is -0.382 e. The van der Waals surface area contributed by atoms with Crippen molar-refractivity contribution in [1.29, 1.82) is 0 Å². The molecule has 0 heterocycles.